The average Bonchev–Trinajstić information content (AvgIpc) is 2.81. The van der Waals surface area contributed by atoms with Crippen molar-refractivity contribution in [1.82, 2.24) is 10.2 Å². The Kier molecular flexibility index (Phi) is 8.33. The number of halogens is 1. The number of rotatable bonds is 8. The second-order valence-corrected chi connectivity index (χ2v) is 8.64. The molecule has 1 N–H and O–H groups in total. The van der Waals surface area contributed by atoms with Gasteiger partial charge in [0.1, 0.15) is 18.1 Å². The Bertz CT molecular complexity index is 1020. The van der Waals surface area contributed by atoms with Gasteiger partial charge in [-0.15, -0.1) is 0 Å². The predicted octanol–water partition coefficient (Wildman–Crippen LogP) is 3.58. The van der Waals surface area contributed by atoms with Crippen molar-refractivity contribution in [2.24, 2.45) is 5.92 Å². The molecule has 1 aliphatic rings. The first-order valence-corrected chi connectivity index (χ1v) is 11.3. The van der Waals surface area contributed by atoms with E-state index in [1.54, 1.807) is 23.1 Å². The summed E-state index contributed by atoms with van der Waals surface area (Å²) in [5.41, 5.74) is 2.27. The molecule has 1 saturated heterocycles. The van der Waals surface area contributed by atoms with Crippen LogP contribution in [0.3, 0.4) is 0 Å². The van der Waals surface area contributed by atoms with E-state index in [0.717, 1.165) is 11.1 Å². The number of ether oxygens (including phenoxy) is 2. The second kappa shape index (κ2) is 11.2. The maximum absolute atomic E-state index is 13.0. The number of nitrogens with zero attached hydrogens (tertiary/aromatic N) is 1. The van der Waals surface area contributed by atoms with Crippen LogP contribution in [0.2, 0.25) is 5.02 Å². The van der Waals surface area contributed by atoms with Gasteiger partial charge in [0.2, 0.25) is 5.91 Å². The van der Waals surface area contributed by atoms with Crippen molar-refractivity contribution >= 4 is 29.2 Å². The number of aryl methyl sites for hydroxylation is 2. The Morgan fingerprint density at radius 1 is 1.15 bits per heavy atom. The third-order valence-corrected chi connectivity index (χ3v) is 5.95. The third-order valence-electron chi connectivity index (χ3n) is 5.72. The van der Waals surface area contributed by atoms with Gasteiger partial charge in [0, 0.05) is 18.1 Å². The lowest BCUT2D eigenvalue weighted by Gasteiger charge is -2.32. The number of amides is 2. The predicted molar refractivity (Wildman–Crippen MR) is 126 cm³/mol. The van der Waals surface area contributed by atoms with Crippen LogP contribution < -0.4 is 14.8 Å². The number of nitrogens with one attached hydrogen (secondary N) is 1. The van der Waals surface area contributed by atoms with E-state index in [0.29, 0.717) is 41.5 Å². The number of hydrogen-bond donors (Lipinski definition) is 1. The zero-order valence-corrected chi connectivity index (χ0v) is 19.9. The van der Waals surface area contributed by atoms with Crippen LogP contribution in [0.15, 0.2) is 36.4 Å². The summed E-state index contributed by atoms with van der Waals surface area (Å²) >= 11 is 6.06. The lowest BCUT2D eigenvalue weighted by molar-refractivity contribution is -0.129. The average molecular weight is 473 g/mol. The first kappa shape index (κ1) is 24.6. The molecule has 8 heteroatoms. The molecule has 2 aromatic carbocycles. The van der Waals surface area contributed by atoms with Gasteiger partial charge in [-0.2, -0.15) is 0 Å². The Balaban J connectivity index is 1.53. The highest BCUT2D eigenvalue weighted by Crippen LogP contribution is 2.26. The SMILES string of the molecule is COc1ccc(Cl)cc1C(=O)N1CCC[C@@H](C(=O)NCC(=O)COc2c(C)cccc2C)C1. The van der Waals surface area contributed by atoms with Gasteiger partial charge in [-0.05, 0) is 56.0 Å². The molecule has 3 rings (SSSR count). The van der Waals surface area contributed by atoms with Crippen LogP contribution in [-0.2, 0) is 9.59 Å². The molecule has 1 atom stereocenters. The fourth-order valence-corrected chi connectivity index (χ4v) is 4.13. The molecular weight excluding hydrogens is 444 g/mol. The third kappa shape index (κ3) is 6.26. The van der Waals surface area contributed by atoms with E-state index < -0.39 is 0 Å². The molecule has 0 bridgehead atoms. The summed E-state index contributed by atoms with van der Waals surface area (Å²) in [5, 5.41) is 3.13. The van der Waals surface area contributed by atoms with Gasteiger partial charge in [0.05, 0.1) is 25.1 Å². The summed E-state index contributed by atoms with van der Waals surface area (Å²) in [6.07, 6.45) is 1.34. The van der Waals surface area contributed by atoms with Crippen molar-refractivity contribution < 1.29 is 23.9 Å². The fourth-order valence-electron chi connectivity index (χ4n) is 3.95. The standard InChI is InChI=1S/C25H29ClN2O5/c1-16-6-4-7-17(2)23(16)33-15-20(29)13-27-24(30)18-8-5-11-28(14-18)25(31)21-12-19(26)9-10-22(21)32-3/h4,6-7,9-10,12,18H,5,8,11,13-15H2,1-3H3,(H,27,30)/t18-/m1/s1. The van der Waals surface area contributed by atoms with Crippen molar-refractivity contribution in [3.8, 4) is 11.5 Å². The topological polar surface area (TPSA) is 84.9 Å². The van der Waals surface area contributed by atoms with E-state index in [4.69, 9.17) is 21.1 Å². The number of para-hydroxylation sites is 1. The number of ketones is 1. The molecule has 0 saturated carbocycles. The summed E-state index contributed by atoms with van der Waals surface area (Å²) in [6, 6.07) is 10.6. The summed E-state index contributed by atoms with van der Waals surface area (Å²) in [6.45, 7) is 4.42. The molecule has 0 spiro atoms. The Morgan fingerprint density at radius 2 is 1.88 bits per heavy atom. The van der Waals surface area contributed by atoms with Crippen LogP contribution in [0.1, 0.15) is 34.3 Å². The number of carbonyl (C=O) groups is 3. The van der Waals surface area contributed by atoms with Crippen molar-refractivity contribution in [2.75, 3.05) is 33.4 Å². The van der Waals surface area contributed by atoms with Crippen LogP contribution in [0, 0.1) is 19.8 Å². The highest BCUT2D eigenvalue weighted by Gasteiger charge is 2.30. The largest absolute Gasteiger partial charge is 0.496 e. The summed E-state index contributed by atoms with van der Waals surface area (Å²) < 4.78 is 10.9. The lowest BCUT2D eigenvalue weighted by Crippen LogP contribution is -2.46. The second-order valence-electron chi connectivity index (χ2n) is 8.20. The molecule has 1 aliphatic heterocycles. The van der Waals surface area contributed by atoms with Gasteiger partial charge in [-0.25, -0.2) is 0 Å². The molecular formula is C25H29ClN2O5. The molecule has 0 aromatic heterocycles. The Hall–Kier alpha value is -3.06. The smallest absolute Gasteiger partial charge is 0.257 e. The van der Waals surface area contributed by atoms with Crippen LogP contribution in [0.4, 0.5) is 0 Å². The van der Waals surface area contributed by atoms with Crippen molar-refractivity contribution in [3.63, 3.8) is 0 Å². The first-order chi connectivity index (χ1) is 15.8. The number of Topliss-reactive ketones (excluding diaryl/α,β-unsaturated/α-hetero) is 1. The number of likely N-dealkylation sites (tertiary alicyclic amines) is 1. The Morgan fingerprint density at radius 3 is 2.58 bits per heavy atom. The summed E-state index contributed by atoms with van der Waals surface area (Å²) in [7, 11) is 1.49. The molecule has 1 fully saturated rings. The van der Waals surface area contributed by atoms with E-state index in [1.807, 2.05) is 32.0 Å². The fraction of sp³-hybridized carbons (Fsp3) is 0.400. The Labute approximate surface area is 199 Å². The summed E-state index contributed by atoms with van der Waals surface area (Å²) in [5.74, 6) is 0.0371. The van der Waals surface area contributed by atoms with Gasteiger partial charge < -0.3 is 19.7 Å². The van der Waals surface area contributed by atoms with Crippen LogP contribution >= 0.6 is 11.6 Å². The number of hydrogen-bond acceptors (Lipinski definition) is 5. The van der Waals surface area contributed by atoms with Crippen molar-refractivity contribution in [1.29, 1.82) is 0 Å². The molecule has 2 aromatic rings. The van der Waals surface area contributed by atoms with Crippen LogP contribution in [0.25, 0.3) is 0 Å². The highest BCUT2D eigenvalue weighted by molar-refractivity contribution is 6.31. The quantitative estimate of drug-likeness (QED) is 0.634. The molecule has 7 nitrogen and oxygen atoms in total. The number of methoxy groups -OCH3 is 1. The van der Waals surface area contributed by atoms with Gasteiger partial charge in [-0.1, -0.05) is 29.8 Å². The van der Waals surface area contributed by atoms with E-state index in [9.17, 15) is 14.4 Å². The van der Waals surface area contributed by atoms with Gasteiger partial charge in [0.15, 0.2) is 5.78 Å². The minimum absolute atomic E-state index is 0.115. The highest BCUT2D eigenvalue weighted by atomic mass is 35.5. The molecule has 0 radical (unpaired) electrons. The van der Waals surface area contributed by atoms with E-state index in [2.05, 4.69) is 5.32 Å². The van der Waals surface area contributed by atoms with Crippen molar-refractivity contribution in [3.05, 3.63) is 58.1 Å². The molecule has 0 unspecified atom stereocenters. The zero-order chi connectivity index (χ0) is 24.0. The monoisotopic (exact) mass is 472 g/mol. The first-order valence-electron chi connectivity index (χ1n) is 10.9. The molecule has 176 valence electrons. The number of benzene rings is 2. The van der Waals surface area contributed by atoms with Gasteiger partial charge in [0.25, 0.3) is 5.91 Å². The van der Waals surface area contributed by atoms with Crippen molar-refractivity contribution in [2.45, 2.75) is 26.7 Å². The molecule has 0 aliphatic carbocycles. The molecule has 1 heterocycles. The minimum atomic E-state index is -0.389. The summed E-state index contributed by atoms with van der Waals surface area (Å²) in [4.78, 5) is 39.6. The van der Waals surface area contributed by atoms with E-state index in [-0.39, 0.29) is 43.2 Å². The van der Waals surface area contributed by atoms with Crippen LogP contribution in [-0.4, -0.2) is 55.8 Å². The maximum Gasteiger partial charge on any atom is 0.257 e. The number of piperidine rings is 1. The van der Waals surface area contributed by atoms with E-state index in [1.165, 1.54) is 7.11 Å². The normalized spacial score (nSPS) is 15.6. The minimum Gasteiger partial charge on any atom is -0.496 e. The lowest BCUT2D eigenvalue weighted by atomic mass is 9.96. The van der Waals surface area contributed by atoms with E-state index >= 15 is 0 Å². The van der Waals surface area contributed by atoms with Gasteiger partial charge >= 0.3 is 0 Å². The van der Waals surface area contributed by atoms with Gasteiger partial charge in [-0.3, -0.25) is 14.4 Å². The molecule has 33 heavy (non-hydrogen) atoms. The zero-order valence-electron chi connectivity index (χ0n) is 19.2. The molecule has 2 amide bonds. The maximum atomic E-state index is 13.0. The number of carbonyl (C=O) groups excluding carboxylic acids is 3. The van der Waals surface area contributed by atoms with Crippen LogP contribution in [0.5, 0.6) is 11.5 Å².